The number of rotatable bonds is 6. The highest BCUT2D eigenvalue weighted by atomic mass is 35.5. The number of hydrogen-bond donors (Lipinski definition) is 1. The molecule has 2 saturated heterocycles. The predicted octanol–water partition coefficient (Wildman–Crippen LogP) is 4.47. The normalized spacial score (nSPS) is 26.2. The summed E-state index contributed by atoms with van der Waals surface area (Å²) in [7, 11) is 2.04. The third-order valence-electron chi connectivity index (χ3n) is 7.03. The molecule has 0 saturated carbocycles. The fraction of sp³-hybridized carbons (Fsp3) is 0.708. The minimum Gasteiger partial charge on any atom is -0.342 e. The smallest absolute Gasteiger partial charge is 0.222 e. The lowest BCUT2D eigenvalue weighted by atomic mass is 9.82. The minimum atomic E-state index is 0. The standard InChI is InChI=1S/C24H39N3O.2ClH/c1-18(22-10-12-25-13-11-22)14-23(28)26(4)24-19(2)15-27(16-20(24)3)17-21-8-6-5-7-9-21;;/h5-9,18-20,22,24-25H,10-17H2,1-4H3;2*1H. The van der Waals surface area contributed by atoms with Crippen LogP contribution in [0.1, 0.15) is 45.6 Å². The van der Waals surface area contributed by atoms with Crippen molar-refractivity contribution >= 4 is 30.7 Å². The summed E-state index contributed by atoms with van der Waals surface area (Å²) in [6.45, 7) is 12.2. The van der Waals surface area contributed by atoms with Gasteiger partial charge in [0.15, 0.2) is 0 Å². The Morgan fingerprint density at radius 2 is 1.67 bits per heavy atom. The van der Waals surface area contributed by atoms with Gasteiger partial charge in [0, 0.05) is 39.1 Å². The number of benzene rings is 1. The summed E-state index contributed by atoms with van der Waals surface area (Å²) in [5.41, 5.74) is 1.38. The number of carbonyl (C=O) groups excluding carboxylic acids is 1. The van der Waals surface area contributed by atoms with Crippen molar-refractivity contribution in [2.45, 2.75) is 52.6 Å². The number of nitrogens with zero attached hydrogens (tertiary/aromatic N) is 2. The van der Waals surface area contributed by atoms with Gasteiger partial charge in [0.25, 0.3) is 0 Å². The third-order valence-corrected chi connectivity index (χ3v) is 7.03. The third kappa shape index (κ3) is 7.12. The fourth-order valence-corrected chi connectivity index (χ4v) is 5.57. The van der Waals surface area contributed by atoms with E-state index in [1.54, 1.807) is 0 Å². The quantitative estimate of drug-likeness (QED) is 0.683. The first kappa shape index (κ1) is 27.2. The second kappa shape index (κ2) is 12.9. The van der Waals surface area contributed by atoms with E-state index >= 15 is 0 Å². The van der Waals surface area contributed by atoms with Crippen LogP contribution in [-0.2, 0) is 11.3 Å². The molecule has 1 aromatic carbocycles. The van der Waals surface area contributed by atoms with Crippen LogP contribution in [0.4, 0.5) is 0 Å². The fourth-order valence-electron chi connectivity index (χ4n) is 5.57. The average Bonchev–Trinajstić information content (AvgIpc) is 2.68. The maximum absolute atomic E-state index is 13.1. The van der Waals surface area contributed by atoms with E-state index < -0.39 is 0 Å². The van der Waals surface area contributed by atoms with E-state index in [9.17, 15) is 4.79 Å². The van der Waals surface area contributed by atoms with Gasteiger partial charge < -0.3 is 10.2 Å². The summed E-state index contributed by atoms with van der Waals surface area (Å²) in [4.78, 5) is 17.7. The van der Waals surface area contributed by atoms with E-state index in [1.165, 1.54) is 18.4 Å². The zero-order chi connectivity index (χ0) is 20.1. The largest absolute Gasteiger partial charge is 0.342 e. The van der Waals surface area contributed by atoms with E-state index in [1.807, 2.05) is 7.05 Å². The van der Waals surface area contributed by atoms with Crippen molar-refractivity contribution in [1.29, 1.82) is 0 Å². The molecular weight excluding hydrogens is 417 g/mol. The monoisotopic (exact) mass is 457 g/mol. The number of halogens is 2. The number of amides is 1. The van der Waals surface area contributed by atoms with Gasteiger partial charge >= 0.3 is 0 Å². The predicted molar refractivity (Wildman–Crippen MR) is 130 cm³/mol. The van der Waals surface area contributed by atoms with Gasteiger partial charge in [-0.3, -0.25) is 9.69 Å². The lowest BCUT2D eigenvalue weighted by molar-refractivity contribution is -0.137. The molecule has 3 rings (SSSR count). The Morgan fingerprint density at radius 1 is 1.10 bits per heavy atom. The van der Waals surface area contributed by atoms with Gasteiger partial charge in [0.1, 0.15) is 0 Å². The molecule has 0 aromatic heterocycles. The Balaban J connectivity index is 0.00000225. The molecule has 3 atom stereocenters. The van der Waals surface area contributed by atoms with Gasteiger partial charge in [0.05, 0.1) is 0 Å². The summed E-state index contributed by atoms with van der Waals surface area (Å²) in [5.74, 6) is 2.51. The molecule has 1 amide bonds. The first-order valence-electron chi connectivity index (χ1n) is 11.2. The maximum atomic E-state index is 13.1. The van der Waals surface area contributed by atoms with Crippen LogP contribution in [0.3, 0.4) is 0 Å². The molecule has 2 aliphatic rings. The molecule has 6 heteroatoms. The Morgan fingerprint density at radius 3 is 2.23 bits per heavy atom. The van der Waals surface area contributed by atoms with Gasteiger partial charge in [0.2, 0.25) is 5.91 Å². The molecule has 2 heterocycles. The van der Waals surface area contributed by atoms with Gasteiger partial charge in [-0.2, -0.15) is 0 Å². The number of hydrogen-bond acceptors (Lipinski definition) is 3. The van der Waals surface area contributed by atoms with E-state index in [4.69, 9.17) is 0 Å². The lowest BCUT2D eigenvalue weighted by Crippen LogP contribution is -2.55. The van der Waals surface area contributed by atoms with Crippen molar-refractivity contribution < 1.29 is 4.79 Å². The lowest BCUT2D eigenvalue weighted by Gasteiger charge is -2.45. The van der Waals surface area contributed by atoms with Crippen molar-refractivity contribution in [1.82, 2.24) is 15.1 Å². The van der Waals surface area contributed by atoms with E-state index in [0.29, 0.717) is 42.0 Å². The molecule has 30 heavy (non-hydrogen) atoms. The minimum absolute atomic E-state index is 0. The highest BCUT2D eigenvalue weighted by molar-refractivity contribution is 5.85. The van der Waals surface area contributed by atoms with Crippen molar-refractivity contribution in [3.63, 3.8) is 0 Å². The van der Waals surface area contributed by atoms with Gasteiger partial charge in [-0.25, -0.2) is 0 Å². The number of piperidine rings is 2. The SMILES string of the molecule is CC(CC(=O)N(C)C1C(C)CN(Cc2ccccc2)CC1C)C1CCNCC1.Cl.Cl. The molecular formula is C24H41Cl2N3O. The van der Waals surface area contributed by atoms with Crippen molar-refractivity contribution in [2.24, 2.45) is 23.7 Å². The highest BCUT2D eigenvalue weighted by Gasteiger charge is 2.36. The zero-order valence-electron chi connectivity index (χ0n) is 19.0. The first-order chi connectivity index (χ1) is 13.5. The molecule has 0 spiro atoms. The number of carbonyl (C=O) groups is 1. The van der Waals surface area contributed by atoms with Gasteiger partial charge in [-0.1, -0.05) is 51.1 Å². The maximum Gasteiger partial charge on any atom is 0.222 e. The van der Waals surface area contributed by atoms with Crippen LogP contribution < -0.4 is 5.32 Å². The van der Waals surface area contributed by atoms with Crippen LogP contribution in [0, 0.1) is 23.7 Å². The van der Waals surface area contributed by atoms with E-state index in [0.717, 1.165) is 32.7 Å². The molecule has 1 aromatic rings. The van der Waals surface area contributed by atoms with Gasteiger partial charge in [-0.15, -0.1) is 24.8 Å². The van der Waals surface area contributed by atoms with Crippen LogP contribution in [0.5, 0.6) is 0 Å². The second-order valence-electron chi connectivity index (χ2n) is 9.40. The van der Waals surface area contributed by atoms with Crippen molar-refractivity contribution in [3.8, 4) is 0 Å². The molecule has 1 N–H and O–H groups in total. The summed E-state index contributed by atoms with van der Waals surface area (Å²) in [6.07, 6.45) is 3.12. The average molecular weight is 459 g/mol. The second-order valence-corrected chi connectivity index (χ2v) is 9.40. The van der Waals surface area contributed by atoms with Crippen molar-refractivity contribution in [2.75, 3.05) is 33.2 Å². The highest BCUT2D eigenvalue weighted by Crippen LogP contribution is 2.30. The number of likely N-dealkylation sites (tertiary alicyclic amines) is 1. The first-order valence-corrected chi connectivity index (χ1v) is 11.2. The summed E-state index contributed by atoms with van der Waals surface area (Å²) >= 11 is 0. The van der Waals surface area contributed by atoms with Crippen LogP contribution in [0.2, 0.25) is 0 Å². The Bertz CT molecular complexity index is 612. The molecule has 0 radical (unpaired) electrons. The molecule has 0 bridgehead atoms. The topological polar surface area (TPSA) is 35.6 Å². The number of nitrogens with one attached hydrogen (secondary N) is 1. The van der Waals surface area contributed by atoms with Gasteiger partial charge in [-0.05, 0) is 55.2 Å². The molecule has 2 fully saturated rings. The summed E-state index contributed by atoms with van der Waals surface area (Å²) in [6, 6.07) is 11.1. The van der Waals surface area contributed by atoms with Crippen LogP contribution in [0.15, 0.2) is 30.3 Å². The Hall–Kier alpha value is -0.810. The van der Waals surface area contributed by atoms with Crippen molar-refractivity contribution in [3.05, 3.63) is 35.9 Å². The van der Waals surface area contributed by atoms with Crippen LogP contribution in [0.25, 0.3) is 0 Å². The summed E-state index contributed by atoms with van der Waals surface area (Å²) < 4.78 is 0. The summed E-state index contributed by atoms with van der Waals surface area (Å²) in [5, 5.41) is 3.43. The Kier molecular flexibility index (Phi) is 11.7. The molecule has 172 valence electrons. The molecule has 4 nitrogen and oxygen atoms in total. The van der Waals surface area contributed by atoms with Crippen LogP contribution in [-0.4, -0.2) is 55.0 Å². The zero-order valence-corrected chi connectivity index (χ0v) is 20.7. The van der Waals surface area contributed by atoms with Crippen LogP contribution >= 0.6 is 24.8 Å². The van der Waals surface area contributed by atoms with E-state index in [2.05, 4.69) is 66.2 Å². The molecule has 0 aliphatic carbocycles. The van der Waals surface area contributed by atoms with E-state index in [-0.39, 0.29) is 24.8 Å². The molecule has 2 aliphatic heterocycles. The Labute approximate surface area is 196 Å². The molecule has 3 unspecified atom stereocenters.